The second kappa shape index (κ2) is 4.01. The first-order valence-electron chi connectivity index (χ1n) is 3.67. The smallest absolute Gasteiger partial charge is 0.106 e. The summed E-state index contributed by atoms with van der Waals surface area (Å²) in [5.41, 5.74) is 2.44. The molecule has 0 radical (unpaired) electrons. The summed E-state index contributed by atoms with van der Waals surface area (Å²) in [4.78, 5) is 4.34. The summed E-state index contributed by atoms with van der Waals surface area (Å²) in [6.45, 7) is 9.37. The van der Waals surface area contributed by atoms with Gasteiger partial charge in [0, 0.05) is 31.7 Å². The Bertz CT molecular complexity index is 240. The van der Waals surface area contributed by atoms with Gasteiger partial charge < -0.3 is 4.57 Å². The van der Waals surface area contributed by atoms with Crippen LogP contribution >= 0.6 is 0 Å². The van der Waals surface area contributed by atoms with Crippen molar-refractivity contribution < 1.29 is 19.5 Å². The molecule has 0 spiro atoms. The summed E-state index contributed by atoms with van der Waals surface area (Å²) in [6, 6.07) is 0. The molecule has 0 unspecified atom stereocenters. The molecule has 2 nitrogen and oxygen atoms in total. The van der Waals surface area contributed by atoms with Crippen molar-refractivity contribution in [3.8, 4) is 0 Å². The minimum Gasteiger partial charge on any atom is -0.333 e. The van der Waals surface area contributed by atoms with E-state index in [1.165, 1.54) is 5.69 Å². The van der Waals surface area contributed by atoms with Crippen molar-refractivity contribution in [2.45, 2.75) is 34.2 Å². The molecule has 1 aromatic heterocycles. The van der Waals surface area contributed by atoms with Crippen LogP contribution < -0.4 is 0 Å². The predicted molar refractivity (Wildman–Crippen MR) is 42.1 cm³/mol. The summed E-state index contributed by atoms with van der Waals surface area (Å²) in [5.74, 6) is 1.12. The summed E-state index contributed by atoms with van der Waals surface area (Å²) >= 11 is 0. The van der Waals surface area contributed by atoms with E-state index in [2.05, 4.69) is 30.3 Å². The Balaban J connectivity index is 0.000001000. The summed E-state index contributed by atoms with van der Waals surface area (Å²) < 4.78 is 2.22. The third kappa shape index (κ3) is 1.90. The van der Waals surface area contributed by atoms with Gasteiger partial charge in [0.15, 0.2) is 0 Å². The normalized spacial score (nSPS) is 9.45. The van der Waals surface area contributed by atoms with Crippen LogP contribution in [-0.2, 0) is 26.0 Å². The van der Waals surface area contributed by atoms with Gasteiger partial charge in [-0.1, -0.05) is 0 Å². The molecule has 58 valence electrons. The molecule has 3 heteroatoms. The van der Waals surface area contributed by atoms with Crippen LogP contribution in [-0.4, -0.2) is 9.55 Å². The van der Waals surface area contributed by atoms with Crippen molar-refractivity contribution in [3.63, 3.8) is 0 Å². The molecule has 0 amide bonds. The van der Waals surface area contributed by atoms with Crippen LogP contribution in [0.25, 0.3) is 0 Å². The number of aromatic nitrogens is 2. The third-order valence-electron chi connectivity index (χ3n) is 1.96. The van der Waals surface area contributed by atoms with Crippen molar-refractivity contribution >= 4 is 0 Å². The molecule has 0 aliphatic carbocycles. The van der Waals surface area contributed by atoms with Crippen molar-refractivity contribution in [3.05, 3.63) is 17.2 Å². The van der Waals surface area contributed by atoms with Crippen molar-refractivity contribution in [1.29, 1.82) is 0 Å². The van der Waals surface area contributed by atoms with E-state index < -0.39 is 0 Å². The van der Waals surface area contributed by atoms with E-state index in [9.17, 15) is 0 Å². The second-order valence-electron chi connectivity index (χ2n) is 2.57. The number of imidazole rings is 1. The Kier molecular flexibility index (Phi) is 3.95. The molecular weight excluding hydrogens is 189 g/mol. The molecule has 0 fully saturated rings. The minimum atomic E-state index is 0. The average molecular weight is 204 g/mol. The molecule has 0 aromatic carbocycles. The quantitative estimate of drug-likeness (QED) is 0.637. The van der Waals surface area contributed by atoms with E-state index >= 15 is 0 Å². The van der Waals surface area contributed by atoms with Gasteiger partial charge in [0.25, 0.3) is 0 Å². The largest absolute Gasteiger partial charge is 0.333 e. The summed E-state index contributed by atoms with van der Waals surface area (Å²) in [7, 11) is 0. The molecule has 0 N–H and O–H groups in total. The molecule has 0 saturated carbocycles. The molecule has 0 bridgehead atoms. The van der Waals surface area contributed by atoms with E-state index in [-0.39, 0.29) is 19.5 Å². The SMILES string of the molecule is CCn1c(C)nc(C)c1C.[Zn]. The Hall–Kier alpha value is -0.167. The van der Waals surface area contributed by atoms with Gasteiger partial charge in [-0.05, 0) is 27.7 Å². The molecule has 0 atom stereocenters. The number of hydrogen-bond acceptors (Lipinski definition) is 1. The van der Waals surface area contributed by atoms with E-state index in [1.807, 2.05) is 6.92 Å². The first-order chi connectivity index (χ1) is 4.66. The van der Waals surface area contributed by atoms with Crippen LogP contribution in [0.15, 0.2) is 0 Å². The molecule has 1 aromatic rings. The zero-order valence-corrected chi connectivity index (χ0v) is 10.8. The topological polar surface area (TPSA) is 17.8 Å². The van der Waals surface area contributed by atoms with Crippen LogP contribution in [0.1, 0.15) is 24.1 Å². The van der Waals surface area contributed by atoms with Crippen LogP contribution in [0.5, 0.6) is 0 Å². The van der Waals surface area contributed by atoms with Crippen LogP contribution in [0.2, 0.25) is 0 Å². The first-order valence-corrected chi connectivity index (χ1v) is 3.67. The van der Waals surface area contributed by atoms with Gasteiger partial charge in [0.2, 0.25) is 0 Å². The Labute approximate surface area is 80.8 Å². The van der Waals surface area contributed by atoms with Gasteiger partial charge in [0.1, 0.15) is 5.82 Å². The van der Waals surface area contributed by atoms with Gasteiger partial charge >= 0.3 is 0 Å². The fourth-order valence-corrected chi connectivity index (χ4v) is 1.29. The molecule has 1 heterocycles. The van der Waals surface area contributed by atoms with Crippen molar-refractivity contribution in [2.75, 3.05) is 0 Å². The zero-order valence-electron chi connectivity index (χ0n) is 7.81. The van der Waals surface area contributed by atoms with Crippen LogP contribution in [0, 0.1) is 20.8 Å². The van der Waals surface area contributed by atoms with Gasteiger partial charge in [-0.3, -0.25) is 0 Å². The first kappa shape index (κ1) is 10.8. The van der Waals surface area contributed by atoms with Crippen molar-refractivity contribution in [1.82, 2.24) is 9.55 Å². The van der Waals surface area contributed by atoms with E-state index in [1.54, 1.807) is 0 Å². The van der Waals surface area contributed by atoms with E-state index in [4.69, 9.17) is 0 Å². The fourth-order valence-electron chi connectivity index (χ4n) is 1.29. The predicted octanol–water partition coefficient (Wildman–Crippen LogP) is 1.83. The molecule has 1 rings (SSSR count). The standard InChI is InChI=1S/C8H14N2.Zn/c1-5-10-7(3)6(2)9-8(10)4;/h5H2,1-4H3;. The fraction of sp³-hybridized carbons (Fsp3) is 0.625. The molecule has 0 saturated heterocycles. The summed E-state index contributed by atoms with van der Waals surface area (Å²) in [5, 5.41) is 0. The monoisotopic (exact) mass is 202 g/mol. The van der Waals surface area contributed by atoms with Gasteiger partial charge in [-0.15, -0.1) is 0 Å². The maximum atomic E-state index is 4.34. The number of rotatable bonds is 1. The van der Waals surface area contributed by atoms with Gasteiger partial charge in [0.05, 0.1) is 5.69 Å². The second-order valence-corrected chi connectivity index (χ2v) is 2.57. The molecule has 0 aliphatic rings. The maximum Gasteiger partial charge on any atom is 0.106 e. The van der Waals surface area contributed by atoms with Gasteiger partial charge in [-0.2, -0.15) is 0 Å². The third-order valence-corrected chi connectivity index (χ3v) is 1.96. The molecule has 0 aliphatic heterocycles. The van der Waals surface area contributed by atoms with Crippen molar-refractivity contribution in [2.24, 2.45) is 0 Å². The maximum absolute atomic E-state index is 4.34. The number of hydrogen-bond donors (Lipinski definition) is 0. The zero-order chi connectivity index (χ0) is 7.72. The van der Waals surface area contributed by atoms with Crippen LogP contribution in [0.3, 0.4) is 0 Å². The Morgan fingerprint density at radius 1 is 1.27 bits per heavy atom. The number of nitrogens with zero attached hydrogens (tertiary/aromatic N) is 2. The molecular formula is C8H14N2Zn. The van der Waals surface area contributed by atoms with Gasteiger partial charge in [-0.25, -0.2) is 4.98 Å². The summed E-state index contributed by atoms with van der Waals surface area (Å²) in [6.07, 6.45) is 0. The van der Waals surface area contributed by atoms with E-state index in [0.29, 0.717) is 0 Å². The van der Waals surface area contributed by atoms with Crippen LogP contribution in [0.4, 0.5) is 0 Å². The number of aryl methyl sites for hydroxylation is 2. The molecule has 11 heavy (non-hydrogen) atoms. The minimum absolute atomic E-state index is 0. The van der Waals surface area contributed by atoms with E-state index in [0.717, 1.165) is 18.1 Å². The Morgan fingerprint density at radius 2 is 1.82 bits per heavy atom. The average Bonchev–Trinajstić information content (AvgIpc) is 2.09. The Morgan fingerprint density at radius 3 is 2.00 bits per heavy atom.